The Balaban J connectivity index is 1.18. The van der Waals surface area contributed by atoms with Crippen molar-refractivity contribution in [3.8, 4) is 5.75 Å². The third kappa shape index (κ3) is 5.31. The number of aromatic nitrogens is 2. The Morgan fingerprint density at radius 2 is 1.76 bits per heavy atom. The van der Waals surface area contributed by atoms with Gasteiger partial charge in [0.1, 0.15) is 17.6 Å². The molecule has 8 heteroatoms. The molecule has 206 valence electrons. The van der Waals surface area contributed by atoms with Crippen LogP contribution in [-0.2, 0) is 23.2 Å². The lowest BCUT2D eigenvalue weighted by Crippen LogP contribution is -2.45. The van der Waals surface area contributed by atoms with Crippen molar-refractivity contribution < 1.29 is 17.9 Å². The van der Waals surface area contributed by atoms with Crippen molar-refractivity contribution in [3.63, 3.8) is 0 Å². The lowest BCUT2D eigenvalue weighted by molar-refractivity contribution is 0.0872. The SMILES string of the molecule is CC1(C(=O)c2ccc3ccn(Cc4ccc(OCc5ccc6ccccc6n5)cc4)c3c2)C=CC=CC1S(N)(=O)=O. The van der Waals surface area contributed by atoms with E-state index in [4.69, 9.17) is 9.88 Å². The number of hydrogen-bond acceptors (Lipinski definition) is 5. The van der Waals surface area contributed by atoms with Gasteiger partial charge in [0, 0.05) is 29.2 Å². The average Bonchev–Trinajstić information content (AvgIpc) is 3.37. The molecule has 0 saturated heterocycles. The summed E-state index contributed by atoms with van der Waals surface area (Å²) in [6.07, 6.45) is 8.36. The molecule has 2 atom stereocenters. The van der Waals surface area contributed by atoms with Gasteiger partial charge in [0.05, 0.1) is 16.6 Å². The van der Waals surface area contributed by atoms with E-state index >= 15 is 0 Å². The number of primary sulfonamides is 1. The van der Waals surface area contributed by atoms with Crippen LogP contribution in [0, 0.1) is 5.41 Å². The molecule has 0 amide bonds. The van der Waals surface area contributed by atoms with E-state index in [1.54, 1.807) is 31.2 Å². The van der Waals surface area contributed by atoms with Gasteiger partial charge in [-0.25, -0.2) is 18.5 Å². The topological polar surface area (TPSA) is 104 Å². The van der Waals surface area contributed by atoms with Crippen LogP contribution in [0.5, 0.6) is 5.75 Å². The fourth-order valence-electron chi connectivity index (χ4n) is 5.38. The van der Waals surface area contributed by atoms with Gasteiger partial charge >= 0.3 is 0 Å². The normalized spacial score (nSPS) is 18.6. The number of fused-ring (bicyclic) bond motifs is 2. The number of nitrogens with two attached hydrogens (primary N) is 1. The smallest absolute Gasteiger partial charge is 0.216 e. The molecule has 6 rings (SSSR count). The number of hydrogen-bond donors (Lipinski definition) is 1. The van der Waals surface area contributed by atoms with Crippen LogP contribution in [0.25, 0.3) is 21.8 Å². The van der Waals surface area contributed by atoms with Crippen LogP contribution in [0.3, 0.4) is 0 Å². The number of allylic oxidation sites excluding steroid dienone is 3. The Bertz CT molecular complexity index is 1940. The molecular weight excluding hydrogens is 534 g/mol. The monoisotopic (exact) mass is 563 g/mol. The first kappa shape index (κ1) is 26.7. The Morgan fingerprint density at radius 1 is 0.976 bits per heavy atom. The highest BCUT2D eigenvalue weighted by Crippen LogP contribution is 2.36. The number of carbonyl (C=O) groups excluding carboxylic acids is 1. The number of benzene rings is 3. The van der Waals surface area contributed by atoms with E-state index in [0.717, 1.165) is 38.8 Å². The summed E-state index contributed by atoms with van der Waals surface area (Å²) < 4.78 is 32.6. The molecule has 0 radical (unpaired) electrons. The van der Waals surface area contributed by atoms with E-state index in [9.17, 15) is 13.2 Å². The van der Waals surface area contributed by atoms with Crippen molar-refractivity contribution >= 4 is 37.6 Å². The molecule has 2 heterocycles. The number of pyridine rings is 1. The third-order valence-corrected chi connectivity index (χ3v) is 8.98. The molecule has 7 nitrogen and oxygen atoms in total. The molecule has 0 fully saturated rings. The van der Waals surface area contributed by atoms with Crippen LogP contribution >= 0.6 is 0 Å². The Hall–Kier alpha value is -4.53. The number of ether oxygens (including phenoxy) is 1. The molecule has 41 heavy (non-hydrogen) atoms. The molecule has 1 aliphatic rings. The van der Waals surface area contributed by atoms with Gasteiger partial charge in [0.15, 0.2) is 5.78 Å². The third-order valence-electron chi connectivity index (χ3n) is 7.63. The maximum absolute atomic E-state index is 13.6. The van der Waals surface area contributed by atoms with E-state index in [-0.39, 0.29) is 5.78 Å². The number of carbonyl (C=O) groups is 1. The first-order valence-electron chi connectivity index (χ1n) is 13.3. The molecular formula is C33H29N3O4S. The van der Waals surface area contributed by atoms with Crippen LogP contribution in [0.2, 0.25) is 0 Å². The molecule has 2 N–H and O–H groups in total. The summed E-state index contributed by atoms with van der Waals surface area (Å²) in [4.78, 5) is 18.3. The molecule has 1 aliphatic carbocycles. The highest BCUT2D eigenvalue weighted by molar-refractivity contribution is 7.90. The van der Waals surface area contributed by atoms with Gasteiger partial charge in [-0.3, -0.25) is 4.79 Å². The quantitative estimate of drug-likeness (QED) is 0.241. The van der Waals surface area contributed by atoms with Gasteiger partial charge < -0.3 is 9.30 Å². The summed E-state index contributed by atoms with van der Waals surface area (Å²) in [5.41, 5.74) is 2.88. The van der Waals surface area contributed by atoms with Crippen LogP contribution in [0.1, 0.15) is 28.5 Å². The van der Waals surface area contributed by atoms with Crippen LogP contribution in [0.4, 0.5) is 0 Å². The van der Waals surface area contributed by atoms with Crippen molar-refractivity contribution in [1.82, 2.24) is 9.55 Å². The minimum atomic E-state index is -3.98. The summed E-state index contributed by atoms with van der Waals surface area (Å²) >= 11 is 0. The molecule has 0 spiro atoms. The summed E-state index contributed by atoms with van der Waals surface area (Å²) in [5.74, 6) is 0.454. The van der Waals surface area contributed by atoms with Crippen LogP contribution in [-0.4, -0.2) is 29.0 Å². The lowest BCUT2D eigenvalue weighted by Gasteiger charge is -2.32. The van der Waals surface area contributed by atoms with Crippen molar-refractivity contribution in [2.45, 2.75) is 25.3 Å². The highest BCUT2D eigenvalue weighted by Gasteiger charge is 2.45. The zero-order chi connectivity index (χ0) is 28.6. The lowest BCUT2D eigenvalue weighted by atomic mass is 9.76. The van der Waals surface area contributed by atoms with Crippen molar-refractivity contribution in [2.75, 3.05) is 0 Å². The zero-order valence-electron chi connectivity index (χ0n) is 22.5. The fourth-order valence-corrected chi connectivity index (χ4v) is 6.56. The van der Waals surface area contributed by atoms with Gasteiger partial charge in [-0.15, -0.1) is 0 Å². The van der Waals surface area contributed by atoms with Crippen LogP contribution in [0.15, 0.2) is 115 Å². The van der Waals surface area contributed by atoms with Gasteiger partial charge in [0.25, 0.3) is 0 Å². The van der Waals surface area contributed by atoms with E-state index < -0.39 is 20.7 Å². The zero-order valence-corrected chi connectivity index (χ0v) is 23.3. The van der Waals surface area contributed by atoms with E-state index in [0.29, 0.717) is 18.7 Å². The molecule has 2 aromatic heterocycles. The number of nitrogens with zero attached hydrogens (tertiary/aromatic N) is 2. The van der Waals surface area contributed by atoms with Gasteiger partial charge in [-0.2, -0.15) is 0 Å². The second-order valence-electron chi connectivity index (χ2n) is 10.5. The van der Waals surface area contributed by atoms with Crippen molar-refractivity contribution in [3.05, 3.63) is 132 Å². The number of ketones is 1. The maximum atomic E-state index is 13.6. The first-order valence-corrected chi connectivity index (χ1v) is 14.9. The second kappa shape index (κ2) is 10.5. The number of sulfonamides is 1. The Kier molecular flexibility index (Phi) is 6.81. The Labute approximate surface area is 238 Å². The van der Waals surface area contributed by atoms with E-state index in [1.807, 2.05) is 85.1 Å². The standard InChI is InChI=1S/C33H29N3O4S/c1-33(18-5-4-8-31(33)41(34,38)39)32(37)26-12-11-25-17-19-36(30(25)20-26)21-23-9-15-28(16-10-23)40-22-27-14-13-24-6-2-3-7-29(24)35-27/h2-20,31H,21-22H2,1H3,(H2,34,38,39). The average molecular weight is 564 g/mol. The molecule has 0 aliphatic heterocycles. The molecule has 2 unspecified atom stereocenters. The van der Waals surface area contributed by atoms with Crippen molar-refractivity contribution in [2.24, 2.45) is 10.6 Å². The Morgan fingerprint density at radius 3 is 2.56 bits per heavy atom. The molecule has 0 saturated carbocycles. The van der Waals surface area contributed by atoms with E-state index in [1.165, 1.54) is 6.08 Å². The highest BCUT2D eigenvalue weighted by atomic mass is 32.2. The fraction of sp³-hybridized carbons (Fsp3) is 0.152. The largest absolute Gasteiger partial charge is 0.487 e. The molecule has 5 aromatic rings. The summed E-state index contributed by atoms with van der Waals surface area (Å²) in [6, 6.07) is 27.4. The summed E-state index contributed by atoms with van der Waals surface area (Å²) in [7, 11) is -3.98. The predicted molar refractivity (Wildman–Crippen MR) is 161 cm³/mol. The number of Topliss-reactive ketones (excluding diaryl/α,β-unsaturated/α-hetero) is 1. The maximum Gasteiger partial charge on any atom is 0.216 e. The minimum Gasteiger partial charge on any atom is -0.487 e. The summed E-state index contributed by atoms with van der Waals surface area (Å²) in [6.45, 7) is 2.58. The molecule has 3 aromatic carbocycles. The number of para-hydroxylation sites is 1. The van der Waals surface area contributed by atoms with Crippen molar-refractivity contribution in [1.29, 1.82) is 0 Å². The summed E-state index contributed by atoms with van der Waals surface area (Å²) in [5, 5.41) is 6.43. The minimum absolute atomic E-state index is 0.297. The van der Waals surface area contributed by atoms with E-state index in [2.05, 4.69) is 9.55 Å². The molecule has 0 bridgehead atoms. The number of rotatable bonds is 8. The first-order chi connectivity index (χ1) is 19.7. The van der Waals surface area contributed by atoms with Crippen LogP contribution < -0.4 is 9.88 Å². The van der Waals surface area contributed by atoms with Gasteiger partial charge in [-0.05, 0) is 54.3 Å². The second-order valence-corrected chi connectivity index (χ2v) is 12.2. The predicted octanol–water partition coefficient (Wildman–Crippen LogP) is 5.79. The van der Waals surface area contributed by atoms with Gasteiger partial charge in [-0.1, -0.05) is 72.8 Å². The van der Waals surface area contributed by atoms with Gasteiger partial charge in [0.2, 0.25) is 10.0 Å².